The van der Waals surface area contributed by atoms with Crippen LogP contribution in [0.2, 0.25) is 0 Å². The number of rotatable bonds is 4. The second-order valence-corrected chi connectivity index (χ2v) is 7.49. The maximum Gasteiger partial charge on any atom is 0.261 e. The number of amides is 2. The molecule has 0 unspecified atom stereocenters. The Morgan fingerprint density at radius 1 is 1.03 bits per heavy atom. The van der Waals surface area contributed by atoms with E-state index in [1.807, 2.05) is 6.07 Å². The molecule has 1 aromatic heterocycles. The summed E-state index contributed by atoms with van der Waals surface area (Å²) in [6, 6.07) is 13.4. The third kappa shape index (κ3) is 4.61. The lowest BCUT2D eigenvalue weighted by molar-refractivity contribution is -0.123. The second kappa shape index (κ2) is 8.79. The second-order valence-electron chi connectivity index (χ2n) is 7.49. The molecule has 0 aliphatic carbocycles. The van der Waals surface area contributed by atoms with Crippen LogP contribution in [0.5, 0.6) is 0 Å². The summed E-state index contributed by atoms with van der Waals surface area (Å²) in [6.07, 6.45) is 3.44. The molecule has 8 nitrogen and oxygen atoms in total. The first-order valence-electron chi connectivity index (χ1n) is 10.2. The molecular formula is C23H21N5O3. The van der Waals surface area contributed by atoms with Crippen molar-refractivity contribution in [3.05, 3.63) is 64.2 Å². The highest BCUT2D eigenvalue weighted by molar-refractivity contribution is 6.08. The van der Waals surface area contributed by atoms with Gasteiger partial charge in [-0.25, -0.2) is 4.98 Å². The van der Waals surface area contributed by atoms with Crippen molar-refractivity contribution in [3.63, 3.8) is 0 Å². The zero-order valence-electron chi connectivity index (χ0n) is 16.9. The fourth-order valence-corrected chi connectivity index (χ4v) is 3.72. The van der Waals surface area contributed by atoms with E-state index in [9.17, 15) is 14.4 Å². The van der Waals surface area contributed by atoms with Crippen LogP contribution < -0.4 is 16.2 Å². The van der Waals surface area contributed by atoms with Crippen LogP contribution in [0.25, 0.3) is 10.9 Å². The standard InChI is InChI=1S/C23H21N5O3/c24-14-15-5-4-6-16(11-15)25-21(29)13-22(30)26-17-8-9-19-18(12-17)23(31)28-10-3-1-2-7-20(28)27-19/h4-6,8-9,11-12H,1-3,7,10,13H2,(H,25,29)(H,26,30). The SMILES string of the molecule is N#Cc1cccc(NC(=O)CC(=O)Nc2ccc3nc4n(c(=O)c3c2)CCCCC4)c1. The van der Waals surface area contributed by atoms with E-state index < -0.39 is 18.2 Å². The Morgan fingerprint density at radius 3 is 2.58 bits per heavy atom. The molecule has 0 fully saturated rings. The number of nitriles is 1. The van der Waals surface area contributed by atoms with Gasteiger partial charge >= 0.3 is 0 Å². The maximum absolute atomic E-state index is 12.9. The molecule has 3 aromatic rings. The average Bonchev–Trinajstić information content (AvgIpc) is 3.00. The van der Waals surface area contributed by atoms with Gasteiger partial charge in [0.25, 0.3) is 5.56 Å². The molecule has 2 aromatic carbocycles. The van der Waals surface area contributed by atoms with Crippen molar-refractivity contribution in [3.8, 4) is 6.07 Å². The molecule has 0 spiro atoms. The molecule has 0 saturated carbocycles. The number of hydrogen-bond acceptors (Lipinski definition) is 5. The number of aryl methyl sites for hydroxylation is 1. The summed E-state index contributed by atoms with van der Waals surface area (Å²) in [4.78, 5) is 42.0. The minimum atomic E-state index is -0.504. The predicted octanol–water partition coefficient (Wildman–Crippen LogP) is 2.96. The number of hydrogen-bond donors (Lipinski definition) is 2. The molecular weight excluding hydrogens is 394 g/mol. The molecule has 2 N–H and O–H groups in total. The minimum absolute atomic E-state index is 0.104. The van der Waals surface area contributed by atoms with Crippen LogP contribution in [0.4, 0.5) is 11.4 Å². The number of carbonyl (C=O) groups excluding carboxylic acids is 2. The van der Waals surface area contributed by atoms with Gasteiger partial charge in [0.15, 0.2) is 0 Å². The van der Waals surface area contributed by atoms with Crippen LogP contribution in [-0.4, -0.2) is 21.4 Å². The van der Waals surface area contributed by atoms with Crippen molar-refractivity contribution in [1.82, 2.24) is 9.55 Å². The number of carbonyl (C=O) groups is 2. The summed E-state index contributed by atoms with van der Waals surface area (Å²) in [5.41, 5.74) is 1.79. The van der Waals surface area contributed by atoms with Gasteiger partial charge in [0.05, 0.1) is 22.5 Å². The number of fused-ring (bicyclic) bond motifs is 2. The van der Waals surface area contributed by atoms with E-state index in [0.717, 1.165) is 31.5 Å². The summed E-state index contributed by atoms with van der Waals surface area (Å²) in [6.45, 7) is 0.654. The summed E-state index contributed by atoms with van der Waals surface area (Å²) < 4.78 is 1.73. The Bertz CT molecular complexity index is 1270. The van der Waals surface area contributed by atoms with E-state index in [2.05, 4.69) is 15.6 Å². The van der Waals surface area contributed by atoms with E-state index >= 15 is 0 Å². The third-order valence-electron chi connectivity index (χ3n) is 5.20. The third-order valence-corrected chi connectivity index (χ3v) is 5.20. The fourth-order valence-electron chi connectivity index (χ4n) is 3.72. The zero-order chi connectivity index (χ0) is 21.8. The molecule has 1 aliphatic heterocycles. The fraction of sp³-hybridized carbons (Fsp3) is 0.261. The first-order valence-corrected chi connectivity index (χ1v) is 10.2. The normalized spacial score (nSPS) is 13.0. The average molecular weight is 415 g/mol. The maximum atomic E-state index is 12.9. The molecule has 0 bridgehead atoms. The van der Waals surface area contributed by atoms with Crippen molar-refractivity contribution in [2.24, 2.45) is 0 Å². The zero-order valence-corrected chi connectivity index (χ0v) is 16.9. The quantitative estimate of drug-likeness (QED) is 0.636. The van der Waals surface area contributed by atoms with Gasteiger partial charge in [-0.2, -0.15) is 5.26 Å². The Morgan fingerprint density at radius 2 is 1.81 bits per heavy atom. The highest BCUT2D eigenvalue weighted by Crippen LogP contribution is 2.19. The van der Waals surface area contributed by atoms with Crippen LogP contribution >= 0.6 is 0 Å². The molecule has 0 atom stereocenters. The van der Waals surface area contributed by atoms with Crippen LogP contribution in [0.15, 0.2) is 47.3 Å². The van der Waals surface area contributed by atoms with Gasteiger partial charge in [-0.1, -0.05) is 12.5 Å². The number of anilines is 2. The Balaban J connectivity index is 1.47. The van der Waals surface area contributed by atoms with Crippen molar-refractivity contribution in [1.29, 1.82) is 5.26 Å². The molecule has 0 radical (unpaired) electrons. The van der Waals surface area contributed by atoms with E-state index in [1.54, 1.807) is 41.0 Å². The molecule has 4 rings (SSSR count). The summed E-state index contributed by atoms with van der Waals surface area (Å²) in [7, 11) is 0. The molecule has 8 heteroatoms. The molecule has 2 heterocycles. The van der Waals surface area contributed by atoms with E-state index in [-0.39, 0.29) is 5.56 Å². The Labute approximate surface area is 178 Å². The van der Waals surface area contributed by atoms with E-state index in [4.69, 9.17) is 5.26 Å². The largest absolute Gasteiger partial charge is 0.326 e. The molecule has 2 amide bonds. The lowest BCUT2D eigenvalue weighted by atomic mass is 10.2. The van der Waals surface area contributed by atoms with Gasteiger partial charge in [0, 0.05) is 24.3 Å². The highest BCUT2D eigenvalue weighted by Gasteiger charge is 2.15. The molecule has 156 valence electrons. The Kier molecular flexibility index (Phi) is 5.76. The van der Waals surface area contributed by atoms with E-state index in [1.165, 1.54) is 6.07 Å². The predicted molar refractivity (Wildman–Crippen MR) is 117 cm³/mol. The van der Waals surface area contributed by atoms with Crippen molar-refractivity contribution < 1.29 is 9.59 Å². The lowest BCUT2D eigenvalue weighted by Gasteiger charge is -2.11. The van der Waals surface area contributed by atoms with Gasteiger partial charge in [-0.15, -0.1) is 0 Å². The van der Waals surface area contributed by atoms with Gasteiger partial charge in [-0.3, -0.25) is 19.0 Å². The molecule has 0 saturated heterocycles. The first kappa shape index (κ1) is 20.3. The lowest BCUT2D eigenvalue weighted by Crippen LogP contribution is -2.25. The van der Waals surface area contributed by atoms with Gasteiger partial charge in [0.2, 0.25) is 11.8 Å². The van der Waals surface area contributed by atoms with Crippen molar-refractivity contribution in [2.45, 2.75) is 38.6 Å². The van der Waals surface area contributed by atoms with Gasteiger partial charge < -0.3 is 10.6 Å². The first-order chi connectivity index (χ1) is 15.0. The van der Waals surface area contributed by atoms with Crippen LogP contribution in [0.1, 0.15) is 37.1 Å². The number of nitrogens with one attached hydrogen (secondary N) is 2. The molecule has 31 heavy (non-hydrogen) atoms. The van der Waals surface area contributed by atoms with Crippen LogP contribution in [-0.2, 0) is 22.6 Å². The van der Waals surface area contributed by atoms with E-state index in [0.29, 0.717) is 34.4 Å². The number of aromatic nitrogens is 2. The minimum Gasteiger partial charge on any atom is -0.326 e. The summed E-state index contributed by atoms with van der Waals surface area (Å²) >= 11 is 0. The topological polar surface area (TPSA) is 117 Å². The number of benzene rings is 2. The monoisotopic (exact) mass is 415 g/mol. The van der Waals surface area contributed by atoms with Crippen molar-refractivity contribution >= 4 is 34.1 Å². The van der Waals surface area contributed by atoms with Gasteiger partial charge in [-0.05, 0) is 49.2 Å². The highest BCUT2D eigenvalue weighted by atomic mass is 16.2. The molecule has 1 aliphatic rings. The summed E-state index contributed by atoms with van der Waals surface area (Å²) in [5.74, 6) is -0.194. The van der Waals surface area contributed by atoms with Crippen LogP contribution in [0.3, 0.4) is 0 Å². The van der Waals surface area contributed by atoms with Crippen molar-refractivity contribution in [2.75, 3.05) is 10.6 Å². The van der Waals surface area contributed by atoms with Crippen LogP contribution in [0, 0.1) is 11.3 Å². The number of nitrogens with zero attached hydrogens (tertiary/aromatic N) is 3. The summed E-state index contributed by atoms with van der Waals surface area (Å²) in [5, 5.41) is 14.6. The van der Waals surface area contributed by atoms with Gasteiger partial charge in [0.1, 0.15) is 12.2 Å². The smallest absolute Gasteiger partial charge is 0.261 e. The Hall–Kier alpha value is -3.99.